The van der Waals surface area contributed by atoms with Gasteiger partial charge in [0.1, 0.15) is 12.3 Å². The Kier molecular flexibility index (Phi) is 12.2. The van der Waals surface area contributed by atoms with Gasteiger partial charge in [0.05, 0.1) is 13.2 Å². The first-order valence-corrected chi connectivity index (χ1v) is 10.9. The van der Waals surface area contributed by atoms with Crippen molar-refractivity contribution in [1.82, 2.24) is 16.0 Å². The van der Waals surface area contributed by atoms with Crippen LogP contribution in [0.1, 0.15) is 46.1 Å². The number of nitrogens with zero attached hydrogens (tertiary/aromatic N) is 1. The number of carbonyl (C=O) groups is 1. The lowest BCUT2D eigenvalue weighted by atomic mass is 9.78. The first-order chi connectivity index (χ1) is 14.3. The van der Waals surface area contributed by atoms with E-state index in [0.717, 1.165) is 43.9 Å². The second-order valence-corrected chi connectivity index (χ2v) is 8.76. The summed E-state index contributed by atoms with van der Waals surface area (Å²) in [7, 11) is 1.63. The molecule has 1 aliphatic rings. The number of methoxy groups -OCH3 is 1. The van der Waals surface area contributed by atoms with E-state index in [2.05, 4.69) is 41.7 Å². The number of hydrogen-bond acceptors (Lipinski definition) is 4. The maximum atomic E-state index is 12.2. The highest BCUT2D eigenvalue weighted by atomic mass is 127. The first kappa shape index (κ1) is 27.5. The molecule has 0 aromatic heterocycles. The fourth-order valence-electron chi connectivity index (χ4n) is 3.73. The molecule has 2 unspecified atom stereocenters. The van der Waals surface area contributed by atoms with Crippen molar-refractivity contribution in [3.63, 3.8) is 0 Å². The predicted octanol–water partition coefficient (Wildman–Crippen LogP) is 3.33. The van der Waals surface area contributed by atoms with Gasteiger partial charge in [-0.2, -0.15) is 0 Å². The lowest BCUT2D eigenvalue weighted by Crippen LogP contribution is -2.47. The Morgan fingerprint density at radius 3 is 2.52 bits per heavy atom. The average Bonchev–Trinajstić information content (AvgIpc) is 2.74. The van der Waals surface area contributed by atoms with Crippen LogP contribution in [0.15, 0.2) is 29.3 Å². The van der Waals surface area contributed by atoms with E-state index in [9.17, 15) is 4.79 Å². The fraction of sp³-hybridized carbons (Fsp3) is 0.652. The van der Waals surface area contributed by atoms with Crippen LogP contribution in [0, 0.1) is 11.3 Å². The molecule has 0 saturated carbocycles. The Morgan fingerprint density at radius 2 is 1.90 bits per heavy atom. The standard InChI is InChI=1S/C23H38N4O3.HI/c1-6-24-22(26-15-18-8-7-13-30-21(18)23(2,3)4)27-16-20(28)25-14-17-9-11-19(29-5)12-10-17;/h9-12,18,21H,6-8,13-16H2,1-5H3,(H,25,28)(H2,24,26,27);1H. The zero-order chi connectivity index (χ0) is 22.0. The number of nitrogens with one attached hydrogen (secondary N) is 3. The molecule has 1 heterocycles. The molecule has 3 N–H and O–H groups in total. The van der Waals surface area contributed by atoms with E-state index in [1.54, 1.807) is 7.11 Å². The van der Waals surface area contributed by atoms with Crippen molar-refractivity contribution in [3.05, 3.63) is 29.8 Å². The largest absolute Gasteiger partial charge is 0.497 e. The highest BCUT2D eigenvalue weighted by Gasteiger charge is 2.35. The molecular weight excluding hydrogens is 507 g/mol. The number of ether oxygens (including phenoxy) is 2. The van der Waals surface area contributed by atoms with E-state index < -0.39 is 0 Å². The summed E-state index contributed by atoms with van der Waals surface area (Å²) >= 11 is 0. The molecule has 0 bridgehead atoms. The van der Waals surface area contributed by atoms with Crippen molar-refractivity contribution in [2.75, 3.05) is 33.4 Å². The van der Waals surface area contributed by atoms with E-state index in [4.69, 9.17) is 9.47 Å². The number of carbonyl (C=O) groups excluding carboxylic acids is 1. The van der Waals surface area contributed by atoms with Crippen molar-refractivity contribution in [2.24, 2.45) is 16.3 Å². The zero-order valence-electron chi connectivity index (χ0n) is 19.5. The normalized spacial score (nSPS) is 19.2. The Bertz CT molecular complexity index is 689. The van der Waals surface area contributed by atoms with Crippen molar-refractivity contribution in [2.45, 2.75) is 53.2 Å². The van der Waals surface area contributed by atoms with Gasteiger partial charge in [-0.25, -0.2) is 4.99 Å². The van der Waals surface area contributed by atoms with Crippen molar-refractivity contribution in [1.29, 1.82) is 0 Å². The summed E-state index contributed by atoms with van der Waals surface area (Å²) in [4.78, 5) is 16.7. The Labute approximate surface area is 204 Å². The van der Waals surface area contributed by atoms with Crippen molar-refractivity contribution >= 4 is 35.8 Å². The van der Waals surface area contributed by atoms with Crippen LogP contribution in [-0.2, 0) is 16.1 Å². The second-order valence-electron chi connectivity index (χ2n) is 8.76. The molecule has 176 valence electrons. The minimum Gasteiger partial charge on any atom is -0.497 e. The average molecular weight is 546 g/mol. The summed E-state index contributed by atoms with van der Waals surface area (Å²) in [6.45, 7) is 11.6. The number of guanidine groups is 1. The molecule has 0 aliphatic carbocycles. The Balaban J connectivity index is 0.00000480. The molecule has 2 rings (SSSR count). The Hall–Kier alpha value is -1.55. The molecule has 0 radical (unpaired) electrons. The van der Waals surface area contributed by atoms with Crippen LogP contribution in [0.2, 0.25) is 0 Å². The third kappa shape index (κ3) is 9.64. The minimum atomic E-state index is -0.114. The van der Waals surface area contributed by atoms with Gasteiger partial charge in [0.25, 0.3) is 0 Å². The maximum absolute atomic E-state index is 12.2. The molecular formula is C23H39IN4O3. The summed E-state index contributed by atoms with van der Waals surface area (Å²) in [6, 6.07) is 7.64. The number of hydrogen-bond donors (Lipinski definition) is 3. The highest BCUT2D eigenvalue weighted by Crippen LogP contribution is 2.33. The topological polar surface area (TPSA) is 84.0 Å². The van der Waals surface area contributed by atoms with E-state index in [0.29, 0.717) is 18.4 Å². The van der Waals surface area contributed by atoms with Gasteiger partial charge in [0.15, 0.2) is 5.96 Å². The summed E-state index contributed by atoms with van der Waals surface area (Å²) in [5, 5.41) is 9.52. The van der Waals surface area contributed by atoms with E-state index >= 15 is 0 Å². The smallest absolute Gasteiger partial charge is 0.242 e. The van der Waals surface area contributed by atoms with Crippen molar-refractivity contribution < 1.29 is 14.3 Å². The van der Waals surface area contributed by atoms with Gasteiger partial charge in [0, 0.05) is 32.2 Å². The van der Waals surface area contributed by atoms with Crippen molar-refractivity contribution in [3.8, 4) is 5.75 Å². The molecule has 31 heavy (non-hydrogen) atoms. The molecule has 1 aromatic carbocycles. The van der Waals surface area contributed by atoms with Gasteiger partial charge >= 0.3 is 0 Å². The van der Waals surface area contributed by atoms with Crippen LogP contribution >= 0.6 is 24.0 Å². The lowest BCUT2D eigenvalue weighted by Gasteiger charge is -2.40. The number of aliphatic imine (C=N–C) groups is 1. The molecule has 0 spiro atoms. The quantitative estimate of drug-likeness (QED) is 0.265. The van der Waals surface area contributed by atoms with Crippen LogP contribution in [0.25, 0.3) is 0 Å². The molecule has 1 amide bonds. The van der Waals surface area contributed by atoms with Gasteiger partial charge < -0.3 is 25.4 Å². The predicted molar refractivity (Wildman–Crippen MR) is 136 cm³/mol. The van der Waals surface area contributed by atoms with E-state index in [-0.39, 0.29) is 47.9 Å². The molecule has 7 nitrogen and oxygen atoms in total. The molecule has 1 fully saturated rings. The highest BCUT2D eigenvalue weighted by molar-refractivity contribution is 14.0. The summed E-state index contributed by atoms with van der Waals surface area (Å²) in [5.41, 5.74) is 1.12. The minimum absolute atomic E-state index is 0. The van der Waals surface area contributed by atoms with Crippen LogP contribution in [0.4, 0.5) is 0 Å². The SMILES string of the molecule is CCNC(=NCC(=O)NCc1ccc(OC)cc1)NCC1CCCOC1C(C)(C)C.I. The number of halogens is 1. The monoisotopic (exact) mass is 546 g/mol. The molecule has 1 aromatic rings. The maximum Gasteiger partial charge on any atom is 0.242 e. The van der Waals surface area contributed by atoms with Gasteiger partial charge in [-0.05, 0) is 42.9 Å². The molecule has 2 atom stereocenters. The summed E-state index contributed by atoms with van der Waals surface area (Å²) < 4.78 is 11.2. The fourth-order valence-corrected chi connectivity index (χ4v) is 3.73. The summed E-state index contributed by atoms with van der Waals surface area (Å²) in [6.07, 6.45) is 2.44. The van der Waals surface area contributed by atoms with E-state index in [1.807, 2.05) is 31.2 Å². The zero-order valence-corrected chi connectivity index (χ0v) is 21.8. The Morgan fingerprint density at radius 1 is 1.19 bits per heavy atom. The van der Waals surface area contributed by atoms with Crippen LogP contribution in [0.5, 0.6) is 5.75 Å². The molecule has 1 saturated heterocycles. The van der Waals surface area contributed by atoms with Gasteiger partial charge in [-0.15, -0.1) is 24.0 Å². The molecule has 8 heteroatoms. The number of amides is 1. The lowest BCUT2D eigenvalue weighted by molar-refractivity contribution is -0.119. The van der Waals surface area contributed by atoms with Gasteiger partial charge in [0.2, 0.25) is 5.91 Å². The van der Waals surface area contributed by atoms with Gasteiger partial charge in [-0.1, -0.05) is 32.9 Å². The van der Waals surface area contributed by atoms with Crippen LogP contribution in [-0.4, -0.2) is 51.3 Å². The third-order valence-electron chi connectivity index (χ3n) is 5.20. The summed E-state index contributed by atoms with van der Waals surface area (Å²) in [5.74, 6) is 1.77. The van der Waals surface area contributed by atoms with Crippen LogP contribution in [0.3, 0.4) is 0 Å². The van der Waals surface area contributed by atoms with Gasteiger partial charge in [-0.3, -0.25) is 4.79 Å². The second kappa shape index (κ2) is 13.8. The van der Waals surface area contributed by atoms with E-state index in [1.165, 1.54) is 0 Å². The molecule has 1 aliphatic heterocycles. The number of rotatable bonds is 8. The first-order valence-electron chi connectivity index (χ1n) is 10.9. The number of benzene rings is 1. The van der Waals surface area contributed by atoms with Crippen LogP contribution < -0.4 is 20.7 Å². The third-order valence-corrected chi connectivity index (χ3v) is 5.20.